The first-order valence-corrected chi connectivity index (χ1v) is 8.81. The molecule has 0 aliphatic rings. The molecule has 0 saturated heterocycles. The van der Waals surface area contributed by atoms with Crippen LogP contribution in [0.25, 0.3) is 0 Å². The SMILES string of the molecule is CCc1cccc(CC)c1Nc1cc(C(=O)NCCN(C)C)ccn1. The number of amides is 1. The molecule has 0 aliphatic heterocycles. The molecular weight excluding hydrogens is 312 g/mol. The minimum absolute atomic E-state index is 0.0770. The Bertz CT molecular complexity index is 690. The van der Waals surface area contributed by atoms with Gasteiger partial charge in [0.25, 0.3) is 5.91 Å². The van der Waals surface area contributed by atoms with Crippen molar-refractivity contribution in [1.82, 2.24) is 15.2 Å². The van der Waals surface area contributed by atoms with Gasteiger partial charge in [-0.25, -0.2) is 4.98 Å². The molecule has 0 atom stereocenters. The Morgan fingerprint density at radius 2 is 1.80 bits per heavy atom. The van der Waals surface area contributed by atoms with Crippen LogP contribution in [0.3, 0.4) is 0 Å². The van der Waals surface area contributed by atoms with Crippen LogP contribution in [0.2, 0.25) is 0 Å². The van der Waals surface area contributed by atoms with E-state index in [1.54, 1.807) is 18.3 Å². The third-order valence-corrected chi connectivity index (χ3v) is 4.12. The van der Waals surface area contributed by atoms with Crippen LogP contribution in [0.5, 0.6) is 0 Å². The number of pyridine rings is 1. The van der Waals surface area contributed by atoms with Crippen LogP contribution < -0.4 is 10.6 Å². The minimum Gasteiger partial charge on any atom is -0.351 e. The highest BCUT2D eigenvalue weighted by molar-refractivity contribution is 5.95. The van der Waals surface area contributed by atoms with Crippen molar-refractivity contribution in [3.8, 4) is 0 Å². The Labute approximate surface area is 150 Å². The van der Waals surface area contributed by atoms with Crippen LogP contribution >= 0.6 is 0 Å². The fourth-order valence-electron chi connectivity index (χ4n) is 2.67. The summed E-state index contributed by atoms with van der Waals surface area (Å²) in [7, 11) is 3.97. The molecule has 5 heteroatoms. The lowest BCUT2D eigenvalue weighted by molar-refractivity contribution is 0.0951. The maximum Gasteiger partial charge on any atom is 0.251 e. The molecule has 2 aromatic rings. The van der Waals surface area contributed by atoms with E-state index in [9.17, 15) is 4.79 Å². The van der Waals surface area contributed by atoms with Crippen LogP contribution in [-0.4, -0.2) is 43.0 Å². The largest absolute Gasteiger partial charge is 0.351 e. The number of hydrogen-bond donors (Lipinski definition) is 2. The number of anilines is 2. The zero-order chi connectivity index (χ0) is 18.2. The van der Waals surface area contributed by atoms with Gasteiger partial charge < -0.3 is 15.5 Å². The van der Waals surface area contributed by atoms with Crippen molar-refractivity contribution in [3.63, 3.8) is 0 Å². The van der Waals surface area contributed by atoms with Gasteiger partial charge in [-0.15, -0.1) is 0 Å². The van der Waals surface area contributed by atoms with E-state index in [1.807, 2.05) is 19.0 Å². The van der Waals surface area contributed by atoms with Gasteiger partial charge in [0.15, 0.2) is 0 Å². The standard InChI is InChI=1S/C20H28N4O/c1-5-15-8-7-9-16(6-2)19(15)23-18-14-17(10-11-21-18)20(25)22-12-13-24(3)4/h7-11,14H,5-6,12-13H2,1-4H3,(H,21,23)(H,22,25). The smallest absolute Gasteiger partial charge is 0.251 e. The average Bonchev–Trinajstić information content (AvgIpc) is 2.61. The van der Waals surface area contributed by atoms with Gasteiger partial charge in [0.1, 0.15) is 5.82 Å². The van der Waals surface area contributed by atoms with Crippen molar-refractivity contribution in [1.29, 1.82) is 0 Å². The Morgan fingerprint density at radius 1 is 1.12 bits per heavy atom. The predicted octanol–water partition coefficient (Wildman–Crippen LogP) is 3.24. The number of nitrogens with one attached hydrogen (secondary N) is 2. The monoisotopic (exact) mass is 340 g/mol. The van der Waals surface area contributed by atoms with Gasteiger partial charge in [-0.1, -0.05) is 32.0 Å². The number of nitrogens with zero attached hydrogens (tertiary/aromatic N) is 2. The Kier molecular flexibility index (Phi) is 6.95. The lowest BCUT2D eigenvalue weighted by atomic mass is 10.0. The zero-order valence-electron chi connectivity index (χ0n) is 15.6. The normalized spacial score (nSPS) is 10.8. The Balaban J connectivity index is 2.16. The highest BCUT2D eigenvalue weighted by Gasteiger charge is 2.10. The summed E-state index contributed by atoms with van der Waals surface area (Å²) < 4.78 is 0. The minimum atomic E-state index is -0.0770. The van der Waals surface area contributed by atoms with Crippen LogP contribution in [0, 0.1) is 0 Å². The van der Waals surface area contributed by atoms with Crippen molar-refractivity contribution < 1.29 is 4.79 Å². The van der Waals surface area contributed by atoms with Gasteiger partial charge in [-0.2, -0.15) is 0 Å². The summed E-state index contributed by atoms with van der Waals surface area (Å²) in [6.07, 6.45) is 3.56. The molecule has 1 amide bonds. The number of hydrogen-bond acceptors (Lipinski definition) is 4. The first-order valence-electron chi connectivity index (χ1n) is 8.81. The van der Waals surface area contributed by atoms with E-state index in [0.29, 0.717) is 17.9 Å². The van der Waals surface area contributed by atoms with E-state index in [4.69, 9.17) is 0 Å². The molecule has 1 aromatic heterocycles. The van der Waals surface area contributed by atoms with Gasteiger partial charge in [-0.05, 0) is 50.2 Å². The lowest BCUT2D eigenvalue weighted by Gasteiger charge is -2.15. The Hall–Kier alpha value is -2.40. The number of para-hydroxylation sites is 1. The summed E-state index contributed by atoms with van der Waals surface area (Å²) in [5.41, 5.74) is 4.22. The van der Waals surface area contributed by atoms with E-state index >= 15 is 0 Å². The van der Waals surface area contributed by atoms with Crippen LogP contribution in [0.15, 0.2) is 36.5 Å². The number of likely N-dealkylation sites (N-methyl/N-ethyl adjacent to an activating group) is 1. The molecule has 0 radical (unpaired) electrons. The third-order valence-electron chi connectivity index (χ3n) is 4.12. The van der Waals surface area contributed by atoms with E-state index in [2.05, 4.69) is 47.7 Å². The van der Waals surface area contributed by atoms with Crippen LogP contribution in [0.4, 0.5) is 11.5 Å². The van der Waals surface area contributed by atoms with E-state index in [1.165, 1.54) is 11.1 Å². The van der Waals surface area contributed by atoms with E-state index in [0.717, 1.165) is 25.1 Å². The molecule has 0 aliphatic carbocycles. The number of aryl methyl sites for hydroxylation is 2. The van der Waals surface area contributed by atoms with Gasteiger partial charge in [0.2, 0.25) is 0 Å². The highest BCUT2D eigenvalue weighted by atomic mass is 16.1. The first kappa shape index (κ1) is 18.9. The molecule has 25 heavy (non-hydrogen) atoms. The Morgan fingerprint density at radius 3 is 2.40 bits per heavy atom. The summed E-state index contributed by atoms with van der Waals surface area (Å²) in [4.78, 5) is 18.7. The molecule has 0 spiro atoms. The molecule has 0 saturated carbocycles. The maximum atomic E-state index is 12.3. The third kappa shape index (κ3) is 5.29. The second kappa shape index (κ2) is 9.18. The molecule has 0 bridgehead atoms. The molecule has 5 nitrogen and oxygen atoms in total. The van der Waals surface area contributed by atoms with Crippen LogP contribution in [-0.2, 0) is 12.8 Å². The highest BCUT2D eigenvalue weighted by Crippen LogP contribution is 2.26. The summed E-state index contributed by atoms with van der Waals surface area (Å²) >= 11 is 0. The number of rotatable bonds is 8. The quantitative estimate of drug-likeness (QED) is 0.774. The van der Waals surface area contributed by atoms with Crippen molar-refractivity contribution in [2.24, 2.45) is 0 Å². The van der Waals surface area contributed by atoms with Gasteiger partial charge in [0.05, 0.1) is 0 Å². The lowest BCUT2D eigenvalue weighted by Crippen LogP contribution is -2.31. The van der Waals surface area contributed by atoms with Gasteiger partial charge >= 0.3 is 0 Å². The zero-order valence-corrected chi connectivity index (χ0v) is 15.6. The van der Waals surface area contributed by atoms with E-state index < -0.39 is 0 Å². The average molecular weight is 340 g/mol. The second-order valence-electron chi connectivity index (χ2n) is 6.27. The molecule has 0 fully saturated rings. The van der Waals surface area contributed by atoms with Gasteiger partial charge in [0, 0.05) is 30.5 Å². The number of benzene rings is 1. The molecule has 1 heterocycles. The van der Waals surface area contributed by atoms with E-state index in [-0.39, 0.29) is 5.91 Å². The number of carbonyl (C=O) groups is 1. The predicted molar refractivity (Wildman–Crippen MR) is 104 cm³/mol. The fraction of sp³-hybridized carbons (Fsp3) is 0.400. The molecule has 1 aromatic carbocycles. The maximum absolute atomic E-state index is 12.3. The number of carbonyl (C=O) groups excluding carboxylic acids is 1. The van der Waals surface area contributed by atoms with Gasteiger partial charge in [-0.3, -0.25) is 4.79 Å². The van der Waals surface area contributed by atoms with Crippen LogP contribution in [0.1, 0.15) is 35.3 Å². The molecule has 0 unspecified atom stereocenters. The second-order valence-corrected chi connectivity index (χ2v) is 6.27. The summed E-state index contributed by atoms with van der Waals surface area (Å²) in [6, 6.07) is 9.88. The number of aromatic nitrogens is 1. The summed E-state index contributed by atoms with van der Waals surface area (Å²) in [5.74, 6) is 0.614. The molecule has 134 valence electrons. The molecule has 2 N–H and O–H groups in total. The molecule has 2 rings (SSSR count). The summed E-state index contributed by atoms with van der Waals surface area (Å²) in [5, 5.41) is 6.34. The fourth-order valence-corrected chi connectivity index (χ4v) is 2.67. The van der Waals surface area contributed by atoms with Crippen molar-refractivity contribution >= 4 is 17.4 Å². The molecular formula is C20H28N4O. The topological polar surface area (TPSA) is 57.3 Å². The first-order chi connectivity index (χ1) is 12.0. The van der Waals surface area contributed by atoms with Crippen molar-refractivity contribution in [2.45, 2.75) is 26.7 Å². The van der Waals surface area contributed by atoms with Crippen molar-refractivity contribution in [3.05, 3.63) is 53.2 Å². The van der Waals surface area contributed by atoms with Crippen molar-refractivity contribution in [2.75, 3.05) is 32.5 Å². The summed E-state index contributed by atoms with van der Waals surface area (Å²) in [6.45, 7) is 5.71.